The fraction of sp³-hybridized carbons (Fsp3) is 0.342. The highest BCUT2D eigenvalue weighted by molar-refractivity contribution is 8.13. The Balaban J connectivity index is 0. The molecule has 1 aromatic heterocycles. The Bertz CT molecular complexity index is 5420. The van der Waals surface area contributed by atoms with Crippen LogP contribution in [0.5, 0.6) is 17.2 Å². The molecule has 0 unspecified atom stereocenters. The van der Waals surface area contributed by atoms with E-state index in [0.29, 0.717) is 123 Å². The maximum atomic E-state index is 12.1. The molecule has 0 saturated carbocycles. The van der Waals surface area contributed by atoms with Crippen molar-refractivity contribution < 1.29 is 43.2 Å². The van der Waals surface area contributed by atoms with Crippen LogP contribution in [0.1, 0.15) is 167 Å². The van der Waals surface area contributed by atoms with Crippen LogP contribution >= 0.6 is 200 Å². The molecule has 0 aliphatic rings. The highest BCUT2D eigenvalue weighted by atomic mass is 35.5. The molecular weight excluding hydrogens is 2220 g/mol. The predicted molar refractivity (Wildman–Crippen MR) is 654 cm³/mol. The molecule has 0 fully saturated rings. The Hall–Kier alpha value is -5.93. The van der Waals surface area contributed by atoms with Gasteiger partial charge in [0, 0.05) is 80.2 Å². The lowest BCUT2D eigenvalue weighted by atomic mass is 10.1. The van der Waals surface area contributed by atoms with E-state index in [1.165, 1.54) is 36.0 Å². The van der Waals surface area contributed by atoms with Crippen molar-refractivity contribution in [2.24, 2.45) is 0 Å². The molecule has 12 aromatic rings. The number of aliphatic hydroxyl groups is 2. The van der Waals surface area contributed by atoms with Crippen molar-refractivity contribution in [2.75, 3.05) is 75.3 Å². The third kappa shape index (κ3) is 41.2. The highest BCUT2D eigenvalue weighted by Crippen LogP contribution is 2.44. The minimum atomic E-state index is -2.60. The van der Waals surface area contributed by atoms with Crippen LogP contribution in [0, 0.1) is 0 Å². The van der Waals surface area contributed by atoms with Crippen LogP contribution in [-0.4, -0.2) is 160 Å². The molecule has 14 nitrogen and oxygen atoms in total. The summed E-state index contributed by atoms with van der Waals surface area (Å²) in [6, 6.07) is 82.9. The molecule has 0 atom stereocenters. The molecule has 1 amide bonds. The van der Waals surface area contributed by atoms with Gasteiger partial charge in [-0.2, -0.15) is 0 Å². The summed E-state index contributed by atoms with van der Waals surface area (Å²) in [6.45, 7) is 26.2. The highest BCUT2D eigenvalue weighted by Gasteiger charge is 2.53. The summed E-state index contributed by atoms with van der Waals surface area (Å²) in [7, 11) is 2.88. The zero-order valence-electron chi connectivity index (χ0n) is 80.0. The molecule has 11 aromatic carbocycles. The number of aromatic hydroxyl groups is 2. The minimum absolute atomic E-state index is 0. The van der Waals surface area contributed by atoms with Gasteiger partial charge in [-0.25, -0.2) is 0 Å². The van der Waals surface area contributed by atoms with Crippen LogP contribution in [0.4, 0.5) is 4.79 Å². The van der Waals surface area contributed by atoms with E-state index in [2.05, 4.69) is 243 Å². The number of hydrogen-bond donors (Lipinski definition) is 5. The number of carbonyl (C=O) groups is 1. The number of aliphatic hydroxyl groups excluding tert-OH is 2. The van der Waals surface area contributed by atoms with Crippen molar-refractivity contribution in [1.29, 1.82) is 0 Å². The molecule has 0 aliphatic carbocycles. The van der Waals surface area contributed by atoms with Gasteiger partial charge in [-0.1, -0.05) is 461 Å². The van der Waals surface area contributed by atoms with Crippen molar-refractivity contribution in [1.82, 2.24) is 24.9 Å². The van der Waals surface area contributed by atoms with Crippen molar-refractivity contribution in [2.45, 2.75) is 191 Å². The number of nitrogens with zero attached hydrogens (tertiary/aromatic N) is 5. The minimum Gasteiger partial charge on any atom is -0.505 e. The summed E-state index contributed by atoms with van der Waals surface area (Å²) >= 11 is 92.6. The predicted octanol–water partition coefficient (Wildman–Crippen LogP) is 32.5. The molecule has 0 spiro atoms. The van der Waals surface area contributed by atoms with Gasteiger partial charge in [0.2, 0.25) is 0 Å². The van der Waals surface area contributed by atoms with Crippen LogP contribution in [-0.2, 0) is 45.4 Å². The molecule has 0 aliphatic heterocycles. The first-order chi connectivity index (χ1) is 64.9. The number of carbonyl (C=O) groups excluding carboxylic acids is 1. The van der Waals surface area contributed by atoms with Gasteiger partial charge >= 0.3 is 0 Å². The zero-order chi connectivity index (χ0) is 103. The van der Waals surface area contributed by atoms with E-state index in [4.69, 9.17) is 191 Å². The topological polar surface area (TPSA) is 170 Å². The van der Waals surface area contributed by atoms with Crippen LogP contribution in [0.3, 0.4) is 0 Å². The van der Waals surface area contributed by atoms with E-state index < -0.39 is 25.0 Å². The first-order valence-corrected chi connectivity index (χ1v) is 56.4. The lowest BCUT2D eigenvalue weighted by Gasteiger charge is -2.43. The third-order valence-electron chi connectivity index (χ3n) is 21.4. The van der Waals surface area contributed by atoms with E-state index >= 15 is 0 Å². The second-order valence-electron chi connectivity index (χ2n) is 35.5. The molecule has 0 saturated heterocycles. The Morgan fingerprint density at radius 2 is 0.621 bits per heavy atom. The summed E-state index contributed by atoms with van der Waals surface area (Å²) in [5.41, 5.74) is 5.57. The van der Waals surface area contributed by atoms with Gasteiger partial charge in [0.05, 0.1) is 55.1 Å². The van der Waals surface area contributed by atoms with Crippen molar-refractivity contribution >= 4 is 271 Å². The number of rotatable bonds is 25. The van der Waals surface area contributed by atoms with E-state index in [9.17, 15) is 15.0 Å². The Labute approximate surface area is 955 Å². The number of benzene rings is 11. The smallest absolute Gasteiger partial charge is 0.286 e. The largest absolute Gasteiger partial charge is 0.505 e. The van der Waals surface area contributed by atoms with Crippen molar-refractivity contribution in [3.63, 3.8) is 0 Å². The number of aromatic nitrogens is 2. The van der Waals surface area contributed by atoms with E-state index in [-0.39, 0.29) is 117 Å². The van der Waals surface area contributed by atoms with Crippen molar-refractivity contribution in [3.8, 4) is 17.2 Å². The van der Waals surface area contributed by atoms with E-state index in [1.807, 2.05) is 74.5 Å². The van der Waals surface area contributed by atoms with Gasteiger partial charge in [0.25, 0.3) is 35.4 Å². The fourth-order valence-corrected chi connectivity index (χ4v) is 32.6. The molecule has 4 N–H and O–H groups in total. The number of thiocarbonyl (C=S) groups is 2. The number of halogens is 13. The Morgan fingerprint density at radius 1 is 0.379 bits per heavy atom. The molecule has 1 heterocycles. The van der Waals surface area contributed by atoms with Crippen LogP contribution in [0.25, 0.3) is 0 Å². The monoisotopic (exact) mass is 2360 g/mol. The lowest BCUT2D eigenvalue weighted by Crippen LogP contribution is -2.66. The molecular formula is C111H146Cl13N5O9S4Si3. The standard InChI is InChI=1S/2C27H31Cl2NO2SSi.C24H26Cl2O2Si.C8H8Cl2O2.C8H8Cl2OS.C7H8Cl2N2.C3H6ClNS.7CH4/c1-27(2,3)34(21-12-8-6-9-13-21,22-14-10-7-11-15-22)32-17-16-20-18-23(28)25(24(29)19-20)33-26(31)30(4)5;1-27(2,3)34(21-12-8-6-9-13-21,22-14-10-7-11-15-22)31-17-16-20-18-23(28)25(24(29)19-20)32-26(33)30(4)5;1-24(2,3)29(19-10-6-4-7-11-19,20-12-8-5-9-13-20)28-15-14-18-16-21(25)23(27)22(26)17-18;2*9-6-3-5(1-2-11)4-7(10)8(6)12;1-4(2)5-3-6(8)10-11-7(5)9;1-5(2)3(4)6;;;;;;;/h2*6-15,18-19H,16-17H2,1-5H3;4-13,16-17,27H,14-15H2,1-3H3;2*3-4,11-12H,1-2H2;3-4H,1-2H3;1-2H3;7*1H4. The average molecular weight is 2370 g/mol. The number of thiol groups is 1. The second kappa shape index (κ2) is 67.5. The summed E-state index contributed by atoms with van der Waals surface area (Å²) < 4.78 is 26.9. The molecule has 0 radical (unpaired) electrons. The third-order valence-corrected chi connectivity index (χ3v) is 43.2. The maximum absolute atomic E-state index is 12.1. The molecule has 34 heteroatoms. The van der Waals surface area contributed by atoms with E-state index in [0.717, 1.165) is 45.1 Å². The number of thioether (sulfide) groups is 1. The number of amides is 1. The number of phenols is 2. The van der Waals surface area contributed by atoms with Crippen LogP contribution in [0.2, 0.25) is 75.6 Å². The molecule has 145 heavy (non-hydrogen) atoms. The quantitative estimate of drug-likeness (QED) is 0.00914. The van der Waals surface area contributed by atoms with Gasteiger partial charge in [0.15, 0.2) is 32.0 Å². The van der Waals surface area contributed by atoms with Crippen molar-refractivity contribution in [3.05, 3.63) is 343 Å². The summed E-state index contributed by atoms with van der Waals surface area (Å²) in [6.07, 6.45) is 3.04. The summed E-state index contributed by atoms with van der Waals surface area (Å²) in [5, 5.41) is 55.6. The zero-order valence-corrected chi connectivity index (χ0v) is 96.1. The Morgan fingerprint density at radius 3 is 0.841 bits per heavy atom. The van der Waals surface area contributed by atoms with Gasteiger partial charge in [-0.15, -0.1) is 22.8 Å². The van der Waals surface area contributed by atoms with E-state index in [1.54, 1.807) is 94.6 Å². The van der Waals surface area contributed by atoms with Gasteiger partial charge in [-0.05, 0) is 221 Å². The number of phenolic OH excluding ortho intramolecular Hbond substituents is 2. The average Bonchev–Trinajstić information content (AvgIpc) is 0.753. The van der Waals surface area contributed by atoms with Gasteiger partial charge in [0.1, 0.15) is 0 Å². The fourth-order valence-electron chi connectivity index (χ4n) is 14.6. The SMILES string of the molecule is C.C.C.C.C.C.C.CC(C)(C)[Si](OCCc1cc(Cl)c(O)c(Cl)c1)(c1ccccc1)c1ccccc1.CC(C)c1cc(Cl)nnc1Cl.CN(C)C(=O)Sc1c(Cl)cc(CCO[Si](c2ccccc2)(c2ccccc2)C(C)(C)C)cc1Cl.CN(C)C(=S)Cl.CN(C)C(=S)Oc1c(Cl)cc(CCO[Si](c2ccccc2)(c2ccccc2)C(C)(C)C)cc1Cl.OCCc1cc(Cl)c(O)c(Cl)c1.OCCc1cc(Cl)c(S)c(Cl)c1. The molecule has 796 valence electrons. The summed E-state index contributed by atoms with van der Waals surface area (Å²) in [5.74, 6) is 0.513. The second-order valence-corrected chi connectivity index (χ2v) is 55.9. The van der Waals surface area contributed by atoms with Crippen LogP contribution in [0.15, 0.2) is 259 Å². The van der Waals surface area contributed by atoms with Gasteiger partial charge in [-0.3, -0.25) is 4.79 Å². The number of hydrogen-bond acceptors (Lipinski definition) is 15. The number of ether oxygens (including phenoxy) is 1. The summed E-state index contributed by atoms with van der Waals surface area (Å²) in [4.78, 5) is 18.1. The van der Waals surface area contributed by atoms with Crippen LogP contribution < -0.4 is 35.9 Å². The Kier molecular flexibility index (Phi) is 65.7. The molecule has 0 bridgehead atoms. The first-order valence-electron chi connectivity index (χ1n) is 43.7. The maximum Gasteiger partial charge on any atom is 0.286 e. The lowest BCUT2D eigenvalue weighted by molar-refractivity contribution is 0.241. The normalized spacial score (nSPS) is 10.9. The first kappa shape index (κ1) is 141. The van der Waals surface area contributed by atoms with Gasteiger partial charge < -0.3 is 53.1 Å². The molecule has 12 rings (SSSR count).